The Bertz CT molecular complexity index is 259. The molecule has 0 aromatic heterocycles. The molecule has 0 aromatic carbocycles. The van der Waals surface area contributed by atoms with Gasteiger partial charge in [0.1, 0.15) is 0 Å². The first-order valence-electron chi connectivity index (χ1n) is 2.28. The van der Waals surface area contributed by atoms with Crippen LogP contribution in [0.5, 0.6) is 0 Å². The van der Waals surface area contributed by atoms with Crippen molar-refractivity contribution in [3.63, 3.8) is 0 Å². The molecule has 0 rings (SSSR count). The predicted octanol–water partition coefficient (Wildman–Crippen LogP) is -3.01. The maximum Gasteiger partial charge on any atom is 2.00 e. The van der Waals surface area contributed by atoms with E-state index in [1.807, 2.05) is 0 Å². The van der Waals surface area contributed by atoms with Crippen LogP contribution < -0.4 is 9.79 Å². The average Bonchev–Trinajstić information content (AvgIpc) is 1.42. The van der Waals surface area contributed by atoms with Gasteiger partial charge < -0.3 is 38.8 Å². The first-order chi connectivity index (χ1) is 5.71. The van der Waals surface area contributed by atoms with Crippen LogP contribution >= 0.6 is 23.5 Å². The molecular weight excluding hydrogens is 332 g/mol. The molecule has 0 unspecified atom stereocenters. The Hall–Kier alpha value is 0.889. The van der Waals surface area contributed by atoms with Gasteiger partial charge in [0.15, 0.2) is 0 Å². The molecule has 0 aliphatic heterocycles. The third kappa shape index (κ3) is 52.1. The zero-order valence-electron chi connectivity index (χ0n) is 6.33. The van der Waals surface area contributed by atoms with Crippen molar-refractivity contribution in [2.75, 3.05) is 0 Å². The molecule has 0 aliphatic carbocycles. The van der Waals surface area contributed by atoms with Gasteiger partial charge >= 0.3 is 32.7 Å². The van der Waals surface area contributed by atoms with Crippen molar-refractivity contribution in [1.82, 2.24) is 0 Å². The van der Waals surface area contributed by atoms with Crippen LogP contribution in [-0.2, 0) is 35.1 Å². The van der Waals surface area contributed by atoms with Crippen LogP contribution in [0.4, 0.5) is 0 Å². The van der Waals surface area contributed by atoms with Gasteiger partial charge in [0.25, 0.3) is 0 Å². The fourth-order valence-corrected chi connectivity index (χ4v) is 1.25. The molecule has 0 spiro atoms. The third-order valence-electron chi connectivity index (χ3n) is 0.213. The van der Waals surface area contributed by atoms with Crippen molar-refractivity contribution in [3.05, 3.63) is 0 Å². The largest absolute Gasteiger partial charge is 2.00 e. The molecule has 0 aliphatic rings. The van der Waals surface area contributed by atoms with Crippen molar-refractivity contribution >= 4 is 23.5 Å². The van der Waals surface area contributed by atoms with Gasteiger partial charge in [0.2, 0.25) is 0 Å². The fraction of sp³-hybridized carbons (Fsp3) is 0. The summed E-state index contributed by atoms with van der Waals surface area (Å²) in [6.45, 7) is 0. The maximum absolute atomic E-state index is 9.63. The van der Waals surface area contributed by atoms with Crippen LogP contribution in [0.3, 0.4) is 0 Å². The van der Waals surface area contributed by atoms with Gasteiger partial charge in [0, 0.05) is 0 Å². The zero-order chi connectivity index (χ0) is 12.2. The molecule has 0 saturated heterocycles. The van der Waals surface area contributed by atoms with E-state index >= 15 is 0 Å². The predicted molar refractivity (Wildman–Crippen MR) is 35.0 cm³/mol. The summed E-state index contributed by atoms with van der Waals surface area (Å²) < 4.78 is 30.9. The molecule has 5 N–H and O–H groups in total. The van der Waals surface area contributed by atoms with Gasteiger partial charge in [-0.15, -0.1) is 0 Å². The SMILES string of the molecule is O=P(O)(O)OP(=O)(O)O.O=P([O-])([O-])O.[Cu+2]. The second kappa shape index (κ2) is 7.26. The van der Waals surface area contributed by atoms with E-state index in [4.69, 9.17) is 38.8 Å². The summed E-state index contributed by atoms with van der Waals surface area (Å²) in [5, 5.41) is 0. The van der Waals surface area contributed by atoms with E-state index in [2.05, 4.69) is 4.31 Å². The summed E-state index contributed by atoms with van der Waals surface area (Å²) in [4.78, 5) is 55.3. The van der Waals surface area contributed by atoms with Gasteiger partial charge in [0.05, 0.1) is 7.82 Å². The molecule has 15 heavy (non-hydrogen) atoms. The first kappa shape index (κ1) is 21.2. The Labute approximate surface area is 93.3 Å². The van der Waals surface area contributed by atoms with E-state index in [0.717, 1.165) is 0 Å². The zero-order valence-corrected chi connectivity index (χ0v) is 9.95. The van der Waals surface area contributed by atoms with Crippen molar-refractivity contribution in [1.29, 1.82) is 0 Å². The molecule has 0 fully saturated rings. The summed E-state index contributed by atoms with van der Waals surface area (Å²) in [7, 11) is -15.2. The number of hydrogen-bond donors (Lipinski definition) is 5. The quantitative estimate of drug-likeness (QED) is 0.253. The van der Waals surface area contributed by atoms with Gasteiger partial charge in [-0.1, -0.05) is 0 Å². The molecule has 0 amide bonds. The molecule has 0 aromatic rings. The monoisotopic (exact) mass is 337 g/mol. The summed E-state index contributed by atoms with van der Waals surface area (Å²) in [5.74, 6) is 0. The van der Waals surface area contributed by atoms with Crippen molar-refractivity contribution in [2.24, 2.45) is 0 Å². The van der Waals surface area contributed by atoms with Crippen LogP contribution in [0.15, 0.2) is 0 Å². The second-order valence-corrected chi connectivity index (χ2v) is 5.08. The Morgan fingerprint density at radius 1 is 0.800 bits per heavy atom. The Balaban J connectivity index is -0.000000208. The molecule has 1 radical (unpaired) electrons. The fourth-order valence-electron chi connectivity index (χ4n) is 0.139. The van der Waals surface area contributed by atoms with Gasteiger partial charge in [-0.3, -0.25) is 0 Å². The molecule has 11 nitrogen and oxygen atoms in total. The maximum atomic E-state index is 9.63. The van der Waals surface area contributed by atoms with Gasteiger partial charge in [-0.2, -0.15) is 4.31 Å². The molecular formula is H5CuO11P3. The number of phosphoric acid groups is 3. The minimum absolute atomic E-state index is 0. The van der Waals surface area contributed by atoms with E-state index in [1.54, 1.807) is 0 Å². The Kier molecular flexibility index (Phi) is 10.3. The van der Waals surface area contributed by atoms with Gasteiger partial charge in [-0.05, 0) is 0 Å². The molecule has 15 heteroatoms. The molecule has 97 valence electrons. The molecule has 0 saturated carbocycles. The van der Waals surface area contributed by atoms with Crippen molar-refractivity contribution in [2.45, 2.75) is 0 Å². The van der Waals surface area contributed by atoms with Crippen LogP contribution in [-0.4, -0.2) is 24.5 Å². The number of rotatable bonds is 2. The van der Waals surface area contributed by atoms with Crippen LogP contribution in [0, 0.1) is 0 Å². The summed E-state index contributed by atoms with van der Waals surface area (Å²) >= 11 is 0. The van der Waals surface area contributed by atoms with E-state index in [0.29, 0.717) is 0 Å². The summed E-state index contributed by atoms with van der Waals surface area (Å²) in [6, 6.07) is 0. The van der Waals surface area contributed by atoms with E-state index in [9.17, 15) is 9.13 Å². The Morgan fingerprint density at radius 2 is 0.933 bits per heavy atom. The minimum atomic E-state index is -5.14. The van der Waals surface area contributed by atoms with Crippen LogP contribution in [0.25, 0.3) is 0 Å². The molecule has 0 bridgehead atoms. The van der Waals surface area contributed by atoms with E-state index in [1.165, 1.54) is 0 Å². The third-order valence-corrected chi connectivity index (χ3v) is 1.91. The number of hydrogen-bond acceptors (Lipinski definition) is 6. The molecule has 0 atom stereocenters. The van der Waals surface area contributed by atoms with Gasteiger partial charge in [-0.25, -0.2) is 9.13 Å². The average molecular weight is 337 g/mol. The van der Waals surface area contributed by atoms with Crippen LogP contribution in [0.1, 0.15) is 0 Å². The van der Waals surface area contributed by atoms with Crippen LogP contribution in [0.2, 0.25) is 0 Å². The molecule has 0 heterocycles. The summed E-state index contributed by atoms with van der Waals surface area (Å²) in [6.07, 6.45) is 0. The van der Waals surface area contributed by atoms with Crippen molar-refractivity contribution < 1.29 is 69.3 Å². The normalized spacial score (nSPS) is 12.2. The van der Waals surface area contributed by atoms with E-state index < -0.39 is 23.5 Å². The van der Waals surface area contributed by atoms with Crippen molar-refractivity contribution in [3.8, 4) is 0 Å². The second-order valence-electron chi connectivity index (χ2n) is 1.53. The smallest absolute Gasteiger partial charge is 0.790 e. The topological polar surface area (TPSA) is 208 Å². The van der Waals surface area contributed by atoms with E-state index in [-0.39, 0.29) is 17.1 Å². The standard InChI is InChI=1S/Cu.H4O7P2.H3O4P/c;1-8(2,3)7-9(4,5)6;1-5(2,3)4/h;(H2,1,2,3)(H2,4,5,6);(H3,1,2,3,4)/q+2;;/p-2. The first-order valence-corrected chi connectivity index (χ1v) is 6.83. The minimum Gasteiger partial charge on any atom is -0.790 e. The Morgan fingerprint density at radius 3 is 0.933 bits per heavy atom. The summed E-state index contributed by atoms with van der Waals surface area (Å²) in [5.41, 5.74) is 0.